The quantitative estimate of drug-likeness (QED) is 0.887. The van der Waals surface area contributed by atoms with E-state index in [0.717, 1.165) is 11.8 Å². The van der Waals surface area contributed by atoms with Gasteiger partial charge in [0.05, 0.1) is 0 Å². The molecule has 1 saturated carbocycles. The van der Waals surface area contributed by atoms with Crippen molar-refractivity contribution in [2.24, 2.45) is 11.8 Å². The summed E-state index contributed by atoms with van der Waals surface area (Å²) in [5.41, 5.74) is 2.76. The van der Waals surface area contributed by atoms with Gasteiger partial charge in [-0.3, -0.25) is 0 Å². The van der Waals surface area contributed by atoms with E-state index >= 15 is 0 Å². The average molecular weight is 300 g/mol. The van der Waals surface area contributed by atoms with Crippen molar-refractivity contribution in [1.82, 2.24) is 5.32 Å². The third kappa shape index (κ3) is 4.25. The number of benzene rings is 1. The molecule has 2 unspecified atom stereocenters. The molecule has 122 valence electrons. The van der Waals surface area contributed by atoms with Crippen LogP contribution >= 0.6 is 0 Å². The van der Waals surface area contributed by atoms with Crippen LogP contribution in [0.3, 0.4) is 0 Å². The molecule has 1 saturated heterocycles. The molecule has 3 rings (SSSR count). The Kier molecular flexibility index (Phi) is 5.41. The van der Waals surface area contributed by atoms with Crippen LogP contribution < -0.4 is 10.2 Å². The number of nitrogens with one attached hydrogen (secondary N) is 1. The average Bonchev–Trinajstić information content (AvgIpc) is 2.53. The van der Waals surface area contributed by atoms with E-state index in [-0.39, 0.29) is 0 Å². The second kappa shape index (κ2) is 7.50. The molecule has 0 radical (unpaired) electrons. The van der Waals surface area contributed by atoms with Gasteiger partial charge in [0.1, 0.15) is 0 Å². The van der Waals surface area contributed by atoms with Crippen LogP contribution in [0, 0.1) is 18.8 Å². The highest BCUT2D eigenvalue weighted by molar-refractivity contribution is 5.49. The van der Waals surface area contributed by atoms with Gasteiger partial charge in [-0.1, -0.05) is 38.3 Å². The number of hydrogen-bond acceptors (Lipinski definition) is 2. The minimum absolute atomic E-state index is 0.659. The van der Waals surface area contributed by atoms with E-state index in [1.165, 1.54) is 69.4 Å². The number of hydrogen-bond donors (Lipinski definition) is 1. The zero-order chi connectivity index (χ0) is 15.4. The molecular weight excluding hydrogens is 268 g/mol. The highest BCUT2D eigenvalue weighted by Gasteiger charge is 2.25. The van der Waals surface area contributed by atoms with Gasteiger partial charge in [-0.2, -0.15) is 0 Å². The van der Waals surface area contributed by atoms with E-state index in [4.69, 9.17) is 0 Å². The lowest BCUT2D eigenvalue weighted by atomic mass is 9.88. The van der Waals surface area contributed by atoms with Gasteiger partial charge in [0.2, 0.25) is 0 Å². The van der Waals surface area contributed by atoms with Crippen molar-refractivity contribution >= 4 is 5.69 Å². The zero-order valence-corrected chi connectivity index (χ0v) is 14.4. The Bertz CT molecular complexity index is 465. The molecule has 0 amide bonds. The number of anilines is 1. The van der Waals surface area contributed by atoms with E-state index in [9.17, 15) is 0 Å². The molecule has 1 aromatic rings. The Morgan fingerprint density at radius 3 is 2.73 bits per heavy atom. The molecule has 2 fully saturated rings. The Balaban J connectivity index is 1.56. The largest absolute Gasteiger partial charge is 0.370 e. The molecule has 0 bridgehead atoms. The molecule has 2 nitrogen and oxygen atoms in total. The Morgan fingerprint density at radius 1 is 1.14 bits per heavy atom. The first kappa shape index (κ1) is 15.9. The zero-order valence-electron chi connectivity index (χ0n) is 14.4. The minimum atomic E-state index is 0.659. The topological polar surface area (TPSA) is 15.3 Å². The molecule has 22 heavy (non-hydrogen) atoms. The normalized spacial score (nSPS) is 27.1. The van der Waals surface area contributed by atoms with Crippen LogP contribution in [0.2, 0.25) is 0 Å². The standard InChI is InChI=1S/C20H32N2/c1-16-7-6-10-20(12-16)22-14-17(2)11-19(15-22)21-13-18-8-4-3-5-9-18/h6-7,10,12,17-19,21H,3-5,8-9,11,13-15H2,1-2H3. The van der Waals surface area contributed by atoms with Crippen molar-refractivity contribution < 1.29 is 0 Å². The minimum Gasteiger partial charge on any atom is -0.370 e. The summed E-state index contributed by atoms with van der Waals surface area (Å²) in [4.78, 5) is 2.58. The fourth-order valence-corrected chi connectivity index (χ4v) is 4.26. The molecule has 2 aliphatic rings. The molecule has 2 heteroatoms. The summed E-state index contributed by atoms with van der Waals surface area (Å²) < 4.78 is 0. The fraction of sp³-hybridized carbons (Fsp3) is 0.700. The smallest absolute Gasteiger partial charge is 0.0369 e. The maximum Gasteiger partial charge on any atom is 0.0369 e. The second-order valence-electron chi connectivity index (χ2n) is 7.69. The van der Waals surface area contributed by atoms with Gasteiger partial charge in [0.15, 0.2) is 0 Å². The summed E-state index contributed by atoms with van der Waals surface area (Å²) in [5.74, 6) is 1.71. The summed E-state index contributed by atoms with van der Waals surface area (Å²) in [7, 11) is 0. The SMILES string of the molecule is Cc1cccc(N2CC(C)CC(NCC3CCCCC3)C2)c1. The van der Waals surface area contributed by atoms with E-state index < -0.39 is 0 Å². The number of aryl methyl sites for hydroxylation is 1. The summed E-state index contributed by atoms with van der Waals surface area (Å²) in [5, 5.41) is 3.89. The number of piperidine rings is 1. The van der Waals surface area contributed by atoms with Crippen LogP contribution in [0.1, 0.15) is 51.0 Å². The first-order valence-corrected chi connectivity index (χ1v) is 9.25. The third-order valence-corrected chi connectivity index (χ3v) is 5.45. The van der Waals surface area contributed by atoms with Gasteiger partial charge in [-0.05, 0) is 62.3 Å². The van der Waals surface area contributed by atoms with Gasteiger partial charge in [-0.15, -0.1) is 0 Å². The van der Waals surface area contributed by atoms with Gasteiger partial charge in [0, 0.05) is 24.8 Å². The van der Waals surface area contributed by atoms with Crippen LogP contribution in [0.5, 0.6) is 0 Å². The number of rotatable bonds is 4. The molecular formula is C20H32N2. The Morgan fingerprint density at radius 2 is 1.95 bits per heavy atom. The van der Waals surface area contributed by atoms with Crippen LogP contribution in [-0.2, 0) is 0 Å². The third-order valence-electron chi connectivity index (χ3n) is 5.45. The van der Waals surface area contributed by atoms with Gasteiger partial charge < -0.3 is 10.2 Å². The van der Waals surface area contributed by atoms with E-state index in [2.05, 4.69) is 48.3 Å². The molecule has 1 aromatic carbocycles. The maximum absolute atomic E-state index is 3.89. The monoisotopic (exact) mass is 300 g/mol. The molecule has 1 aliphatic carbocycles. The molecule has 1 heterocycles. The van der Waals surface area contributed by atoms with Crippen molar-refractivity contribution in [3.05, 3.63) is 29.8 Å². The Hall–Kier alpha value is -1.02. The van der Waals surface area contributed by atoms with Crippen LogP contribution in [0.15, 0.2) is 24.3 Å². The fourth-order valence-electron chi connectivity index (χ4n) is 4.26. The Labute approximate surface area is 136 Å². The van der Waals surface area contributed by atoms with Gasteiger partial charge >= 0.3 is 0 Å². The molecule has 0 aromatic heterocycles. The summed E-state index contributed by atoms with van der Waals surface area (Å²) in [6, 6.07) is 9.63. The summed E-state index contributed by atoms with van der Waals surface area (Å²) in [6.07, 6.45) is 8.56. The van der Waals surface area contributed by atoms with Crippen molar-refractivity contribution in [3.8, 4) is 0 Å². The van der Waals surface area contributed by atoms with E-state index in [0.29, 0.717) is 6.04 Å². The van der Waals surface area contributed by atoms with Crippen molar-refractivity contribution in [2.75, 3.05) is 24.5 Å². The summed E-state index contributed by atoms with van der Waals surface area (Å²) >= 11 is 0. The van der Waals surface area contributed by atoms with Gasteiger partial charge in [-0.25, -0.2) is 0 Å². The predicted molar refractivity (Wildman–Crippen MR) is 95.5 cm³/mol. The van der Waals surface area contributed by atoms with Crippen LogP contribution in [0.4, 0.5) is 5.69 Å². The lowest BCUT2D eigenvalue weighted by Gasteiger charge is -2.39. The number of nitrogens with zero attached hydrogens (tertiary/aromatic N) is 1. The van der Waals surface area contributed by atoms with E-state index in [1.54, 1.807) is 0 Å². The van der Waals surface area contributed by atoms with Crippen molar-refractivity contribution in [2.45, 2.75) is 58.4 Å². The first-order valence-electron chi connectivity index (χ1n) is 9.25. The van der Waals surface area contributed by atoms with E-state index in [1.807, 2.05) is 0 Å². The second-order valence-corrected chi connectivity index (χ2v) is 7.69. The lowest BCUT2D eigenvalue weighted by Crippen LogP contribution is -2.49. The highest BCUT2D eigenvalue weighted by Crippen LogP contribution is 2.26. The first-order chi connectivity index (χ1) is 10.7. The molecule has 0 spiro atoms. The lowest BCUT2D eigenvalue weighted by molar-refractivity contribution is 0.295. The highest BCUT2D eigenvalue weighted by atomic mass is 15.2. The molecule has 2 atom stereocenters. The molecule has 1 aliphatic heterocycles. The molecule has 1 N–H and O–H groups in total. The summed E-state index contributed by atoms with van der Waals surface area (Å²) in [6.45, 7) is 8.19. The van der Waals surface area contributed by atoms with Crippen LogP contribution in [-0.4, -0.2) is 25.7 Å². The predicted octanol–water partition coefficient (Wildman–Crippen LogP) is 4.38. The van der Waals surface area contributed by atoms with Crippen molar-refractivity contribution in [3.63, 3.8) is 0 Å². The van der Waals surface area contributed by atoms with Gasteiger partial charge in [0.25, 0.3) is 0 Å². The maximum atomic E-state index is 3.89. The van der Waals surface area contributed by atoms with Crippen molar-refractivity contribution in [1.29, 1.82) is 0 Å². The van der Waals surface area contributed by atoms with Crippen LogP contribution in [0.25, 0.3) is 0 Å².